The van der Waals surface area contributed by atoms with Crippen LogP contribution < -0.4 is 0 Å². The highest BCUT2D eigenvalue weighted by Gasteiger charge is 2.20. The summed E-state index contributed by atoms with van der Waals surface area (Å²) in [5.41, 5.74) is 4.18. The first-order chi connectivity index (χ1) is 12.2. The third kappa shape index (κ3) is 2.85. The van der Waals surface area contributed by atoms with E-state index in [9.17, 15) is 10.2 Å². The molecule has 0 aliphatic rings. The monoisotopic (exact) mass is 329 g/mol. The maximum atomic E-state index is 9.59. The lowest BCUT2D eigenvalue weighted by molar-refractivity contribution is 0.435. The highest BCUT2D eigenvalue weighted by atomic mass is 16.5. The number of aromatic nitrogens is 1. The zero-order valence-corrected chi connectivity index (χ0v) is 13.3. The fourth-order valence-corrected chi connectivity index (χ4v) is 2.79. The van der Waals surface area contributed by atoms with Crippen LogP contribution in [0.1, 0.15) is 0 Å². The number of phenolic OH excluding ortho intramolecular Hbond substituents is 2. The highest BCUT2D eigenvalue weighted by Crippen LogP contribution is 2.40. The molecule has 1 aromatic heterocycles. The van der Waals surface area contributed by atoms with Gasteiger partial charge in [0.15, 0.2) is 5.76 Å². The second-order valence-corrected chi connectivity index (χ2v) is 5.70. The minimum Gasteiger partial charge on any atom is -0.508 e. The molecule has 0 aliphatic carbocycles. The molecule has 2 N–H and O–H groups in total. The largest absolute Gasteiger partial charge is 0.508 e. The Bertz CT molecular complexity index is 988. The van der Waals surface area contributed by atoms with Crippen molar-refractivity contribution in [1.29, 1.82) is 0 Å². The molecule has 0 saturated heterocycles. The van der Waals surface area contributed by atoms with Gasteiger partial charge in [-0.05, 0) is 42.0 Å². The Balaban J connectivity index is 1.94. The summed E-state index contributed by atoms with van der Waals surface area (Å²) >= 11 is 0. The van der Waals surface area contributed by atoms with Crippen molar-refractivity contribution >= 4 is 0 Å². The van der Waals surface area contributed by atoms with E-state index in [-0.39, 0.29) is 11.5 Å². The number of benzene rings is 3. The van der Waals surface area contributed by atoms with Crippen LogP contribution in [0.15, 0.2) is 83.4 Å². The van der Waals surface area contributed by atoms with E-state index in [1.165, 1.54) is 0 Å². The predicted molar refractivity (Wildman–Crippen MR) is 96.1 cm³/mol. The molecule has 4 heteroatoms. The lowest BCUT2D eigenvalue weighted by Gasteiger charge is -2.06. The van der Waals surface area contributed by atoms with Crippen LogP contribution in [0.3, 0.4) is 0 Å². The van der Waals surface area contributed by atoms with Gasteiger partial charge in [-0.2, -0.15) is 0 Å². The van der Waals surface area contributed by atoms with E-state index in [0.29, 0.717) is 11.5 Å². The van der Waals surface area contributed by atoms with E-state index in [2.05, 4.69) is 5.16 Å². The van der Waals surface area contributed by atoms with Crippen molar-refractivity contribution in [3.63, 3.8) is 0 Å². The molecule has 0 atom stereocenters. The summed E-state index contributed by atoms with van der Waals surface area (Å²) in [6, 6.07) is 23.5. The van der Waals surface area contributed by atoms with E-state index in [4.69, 9.17) is 4.52 Å². The van der Waals surface area contributed by atoms with E-state index < -0.39 is 0 Å². The fourth-order valence-electron chi connectivity index (χ4n) is 2.79. The van der Waals surface area contributed by atoms with Gasteiger partial charge in [0.05, 0.1) is 5.56 Å². The van der Waals surface area contributed by atoms with E-state index >= 15 is 0 Å². The average molecular weight is 329 g/mol. The van der Waals surface area contributed by atoms with Gasteiger partial charge in [-0.1, -0.05) is 47.6 Å². The number of rotatable bonds is 3. The number of aromatic hydroxyl groups is 2. The van der Waals surface area contributed by atoms with Gasteiger partial charge in [0.2, 0.25) is 0 Å². The molecule has 25 heavy (non-hydrogen) atoms. The van der Waals surface area contributed by atoms with Crippen molar-refractivity contribution in [2.75, 3.05) is 0 Å². The summed E-state index contributed by atoms with van der Waals surface area (Å²) in [7, 11) is 0. The van der Waals surface area contributed by atoms with Crippen LogP contribution in [0, 0.1) is 0 Å². The van der Waals surface area contributed by atoms with E-state index in [0.717, 1.165) is 22.3 Å². The maximum Gasteiger partial charge on any atom is 0.175 e. The molecule has 0 amide bonds. The molecule has 4 rings (SSSR count). The van der Waals surface area contributed by atoms with Gasteiger partial charge in [0.25, 0.3) is 0 Å². The first-order valence-electron chi connectivity index (χ1n) is 7.86. The summed E-state index contributed by atoms with van der Waals surface area (Å²) in [6.07, 6.45) is 0. The molecule has 3 aromatic carbocycles. The zero-order chi connectivity index (χ0) is 17.2. The SMILES string of the molecule is Oc1ccc(-c2noc(-c3ccccc3)c2-c2ccc(O)cc2)cc1. The van der Waals surface area contributed by atoms with Gasteiger partial charge in [-0.15, -0.1) is 0 Å². The van der Waals surface area contributed by atoms with Gasteiger partial charge in [-0.25, -0.2) is 0 Å². The normalized spacial score (nSPS) is 10.7. The first-order valence-corrected chi connectivity index (χ1v) is 7.86. The van der Waals surface area contributed by atoms with Crippen LogP contribution in [0.5, 0.6) is 11.5 Å². The second-order valence-electron chi connectivity index (χ2n) is 5.70. The molecule has 0 aliphatic heterocycles. The Kier molecular flexibility index (Phi) is 3.71. The van der Waals surface area contributed by atoms with Crippen LogP contribution in [0.25, 0.3) is 33.7 Å². The third-order valence-electron chi connectivity index (χ3n) is 4.02. The van der Waals surface area contributed by atoms with Crippen molar-refractivity contribution in [3.8, 4) is 45.2 Å². The Morgan fingerprint density at radius 3 is 1.76 bits per heavy atom. The van der Waals surface area contributed by atoms with E-state index in [1.807, 2.05) is 42.5 Å². The van der Waals surface area contributed by atoms with Crippen molar-refractivity contribution in [1.82, 2.24) is 5.16 Å². The second kappa shape index (κ2) is 6.17. The molecule has 0 saturated carbocycles. The number of hydrogen-bond donors (Lipinski definition) is 2. The minimum absolute atomic E-state index is 0.196. The predicted octanol–water partition coefficient (Wildman–Crippen LogP) is 5.09. The molecular formula is C21H15NO3. The van der Waals surface area contributed by atoms with Crippen LogP contribution >= 0.6 is 0 Å². The fraction of sp³-hybridized carbons (Fsp3) is 0. The molecule has 1 heterocycles. The molecule has 0 fully saturated rings. The Morgan fingerprint density at radius 2 is 1.16 bits per heavy atom. The third-order valence-corrected chi connectivity index (χ3v) is 4.02. The molecule has 4 aromatic rings. The highest BCUT2D eigenvalue weighted by molar-refractivity contribution is 5.90. The van der Waals surface area contributed by atoms with Crippen LogP contribution in [0.2, 0.25) is 0 Å². The van der Waals surface area contributed by atoms with Gasteiger partial charge < -0.3 is 14.7 Å². The molecule has 0 unspecified atom stereocenters. The lowest BCUT2D eigenvalue weighted by atomic mass is 9.96. The molecule has 122 valence electrons. The van der Waals surface area contributed by atoms with Crippen molar-refractivity contribution in [2.24, 2.45) is 0 Å². The van der Waals surface area contributed by atoms with E-state index in [1.54, 1.807) is 36.4 Å². The molecule has 0 bridgehead atoms. The summed E-state index contributed by atoms with van der Waals surface area (Å²) < 4.78 is 5.68. The smallest absolute Gasteiger partial charge is 0.175 e. The summed E-state index contributed by atoms with van der Waals surface area (Å²) in [6.45, 7) is 0. The van der Waals surface area contributed by atoms with Crippen molar-refractivity contribution in [3.05, 3.63) is 78.9 Å². The summed E-state index contributed by atoms with van der Waals surface area (Å²) in [5.74, 6) is 1.06. The molecule has 0 spiro atoms. The summed E-state index contributed by atoms with van der Waals surface area (Å²) in [5, 5.41) is 23.4. The van der Waals surface area contributed by atoms with Gasteiger partial charge >= 0.3 is 0 Å². The Hall–Kier alpha value is -3.53. The molecular weight excluding hydrogens is 314 g/mol. The van der Waals surface area contributed by atoms with Crippen LogP contribution in [-0.2, 0) is 0 Å². The minimum atomic E-state index is 0.196. The average Bonchev–Trinajstić information content (AvgIpc) is 3.09. The molecule has 0 radical (unpaired) electrons. The van der Waals surface area contributed by atoms with Crippen LogP contribution in [-0.4, -0.2) is 15.4 Å². The molecule has 4 nitrogen and oxygen atoms in total. The van der Waals surface area contributed by atoms with Gasteiger partial charge in [-0.3, -0.25) is 0 Å². The number of phenols is 2. The summed E-state index contributed by atoms with van der Waals surface area (Å²) in [4.78, 5) is 0. The topological polar surface area (TPSA) is 66.5 Å². The Morgan fingerprint density at radius 1 is 0.600 bits per heavy atom. The van der Waals surface area contributed by atoms with Crippen LogP contribution in [0.4, 0.5) is 0 Å². The maximum absolute atomic E-state index is 9.59. The zero-order valence-electron chi connectivity index (χ0n) is 13.3. The Labute approximate surface area is 144 Å². The first kappa shape index (κ1) is 15.0. The van der Waals surface area contributed by atoms with Gasteiger partial charge in [0.1, 0.15) is 17.2 Å². The number of nitrogens with zero attached hydrogens (tertiary/aromatic N) is 1. The standard InChI is InChI=1S/C21H15NO3/c23-17-10-6-14(7-11-17)19-20(15-8-12-18(24)13-9-15)22-25-21(19)16-4-2-1-3-5-16/h1-13,23-24H. The quantitative estimate of drug-likeness (QED) is 0.549. The van der Waals surface area contributed by atoms with Gasteiger partial charge in [0, 0.05) is 11.1 Å². The van der Waals surface area contributed by atoms with Crippen molar-refractivity contribution < 1.29 is 14.7 Å². The number of hydrogen-bond acceptors (Lipinski definition) is 4. The lowest BCUT2D eigenvalue weighted by Crippen LogP contribution is -1.85. The van der Waals surface area contributed by atoms with Crippen molar-refractivity contribution in [2.45, 2.75) is 0 Å².